The Labute approximate surface area is 115 Å². The van der Waals surface area contributed by atoms with Crippen molar-refractivity contribution in [3.8, 4) is 5.75 Å². The van der Waals surface area contributed by atoms with E-state index in [1.54, 1.807) is 7.11 Å². The van der Waals surface area contributed by atoms with E-state index in [4.69, 9.17) is 9.47 Å². The summed E-state index contributed by atoms with van der Waals surface area (Å²) in [5.74, 6) is 0.907. The largest absolute Gasteiger partial charge is 0.497 e. The predicted octanol–water partition coefficient (Wildman–Crippen LogP) is 1.68. The fourth-order valence-corrected chi connectivity index (χ4v) is 2.53. The minimum atomic E-state index is 0.306. The summed E-state index contributed by atoms with van der Waals surface area (Å²) in [4.78, 5) is 2.38. The molecule has 0 radical (unpaired) electrons. The van der Waals surface area contributed by atoms with E-state index in [1.165, 1.54) is 5.56 Å². The molecular weight excluding hydrogens is 240 g/mol. The second-order valence-electron chi connectivity index (χ2n) is 5.07. The quantitative estimate of drug-likeness (QED) is 0.847. The van der Waals surface area contributed by atoms with Crippen LogP contribution in [0, 0.1) is 0 Å². The first kappa shape index (κ1) is 14.3. The lowest BCUT2D eigenvalue weighted by Gasteiger charge is -2.28. The molecule has 106 valence electrons. The molecule has 1 aromatic carbocycles. The van der Waals surface area contributed by atoms with Gasteiger partial charge in [-0.05, 0) is 38.2 Å². The molecule has 2 atom stereocenters. The number of likely N-dealkylation sites (N-methyl/N-ethyl adjacent to an activating group) is 2. The van der Waals surface area contributed by atoms with Crippen molar-refractivity contribution in [2.45, 2.75) is 18.5 Å². The maximum atomic E-state index is 5.45. The fourth-order valence-electron chi connectivity index (χ4n) is 2.53. The Balaban J connectivity index is 2.01. The van der Waals surface area contributed by atoms with E-state index >= 15 is 0 Å². The number of hydrogen-bond donors (Lipinski definition) is 1. The van der Waals surface area contributed by atoms with E-state index in [2.05, 4.69) is 29.4 Å². The lowest BCUT2D eigenvalue weighted by molar-refractivity contribution is 0.153. The Hall–Kier alpha value is -1.10. The molecule has 1 aliphatic heterocycles. The van der Waals surface area contributed by atoms with Crippen LogP contribution in [0.5, 0.6) is 5.75 Å². The van der Waals surface area contributed by atoms with Crippen LogP contribution in [0.4, 0.5) is 0 Å². The summed E-state index contributed by atoms with van der Waals surface area (Å²) in [6.45, 7) is 2.71. The second kappa shape index (κ2) is 6.89. The molecule has 1 saturated heterocycles. The minimum absolute atomic E-state index is 0.306. The van der Waals surface area contributed by atoms with E-state index in [0.29, 0.717) is 12.1 Å². The highest BCUT2D eigenvalue weighted by molar-refractivity contribution is 5.30. The predicted molar refractivity (Wildman–Crippen MR) is 76.6 cm³/mol. The number of methoxy groups -OCH3 is 1. The molecule has 0 spiro atoms. The van der Waals surface area contributed by atoms with Gasteiger partial charge >= 0.3 is 0 Å². The van der Waals surface area contributed by atoms with Crippen LogP contribution >= 0.6 is 0 Å². The van der Waals surface area contributed by atoms with Crippen molar-refractivity contribution in [1.82, 2.24) is 10.2 Å². The number of rotatable bonds is 6. The minimum Gasteiger partial charge on any atom is -0.497 e. The van der Waals surface area contributed by atoms with Crippen molar-refractivity contribution in [1.29, 1.82) is 0 Å². The van der Waals surface area contributed by atoms with Gasteiger partial charge in [-0.15, -0.1) is 0 Å². The smallest absolute Gasteiger partial charge is 0.119 e. The Bertz CT molecular complexity index is 391. The van der Waals surface area contributed by atoms with Crippen molar-refractivity contribution < 1.29 is 9.47 Å². The van der Waals surface area contributed by atoms with Crippen LogP contribution in [0.3, 0.4) is 0 Å². The van der Waals surface area contributed by atoms with Crippen molar-refractivity contribution in [3.63, 3.8) is 0 Å². The lowest BCUT2D eigenvalue weighted by atomic mass is 10.1. The molecule has 0 bridgehead atoms. The van der Waals surface area contributed by atoms with Gasteiger partial charge in [0.25, 0.3) is 0 Å². The highest BCUT2D eigenvalue weighted by Crippen LogP contribution is 2.21. The molecule has 4 heteroatoms. The fraction of sp³-hybridized carbons (Fsp3) is 0.600. The molecular formula is C15H24N2O2. The van der Waals surface area contributed by atoms with E-state index < -0.39 is 0 Å². The Morgan fingerprint density at radius 1 is 1.53 bits per heavy atom. The summed E-state index contributed by atoms with van der Waals surface area (Å²) in [5.41, 5.74) is 1.26. The summed E-state index contributed by atoms with van der Waals surface area (Å²) >= 11 is 0. The molecule has 19 heavy (non-hydrogen) atoms. The van der Waals surface area contributed by atoms with E-state index in [-0.39, 0.29) is 0 Å². The third-order valence-electron chi connectivity index (χ3n) is 3.84. The van der Waals surface area contributed by atoms with Gasteiger partial charge in [0.2, 0.25) is 0 Å². The maximum Gasteiger partial charge on any atom is 0.119 e. The Kier molecular flexibility index (Phi) is 5.19. The lowest BCUT2D eigenvalue weighted by Crippen LogP contribution is -2.38. The standard InChI is InChI=1S/C15H24N2O2/c1-16-15(10-17(2)13-7-8-19-11-13)12-5-4-6-14(9-12)18-3/h4-6,9,13,15-16H,7-8,10-11H2,1-3H3. The monoisotopic (exact) mass is 264 g/mol. The Morgan fingerprint density at radius 2 is 2.37 bits per heavy atom. The molecule has 2 rings (SSSR count). The average molecular weight is 264 g/mol. The molecule has 0 saturated carbocycles. The normalized spacial score (nSPS) is 20.7. The number of nitrogens with one attached hydrogen (secondary N) is 1. The van der Waals surface area contributed by atoms with Crippen LogP contribution in [0.2, 0.25) is 0 Å². The molecule has 1 aliphatic rings. The zero-order valence-electron chi connectivity index (χ0n) is 12.1. The van der Waals surface area contributed by atoms with Gasteiger partial charge in [-0.2, -0.15) is 0 Å². The van der Waals surface area contributed by atoms with Gasteiger partial charge in [0.15, 0.2) is 0 Å². The summed E-state index contributed by atoms with van der Waals surface area (Å²) in [5, 5.41) is 3.39. The number of nitrogens with zero attached hydrogens (tertiary/aromatic N) is 1. The number of benzene rings is 1. The van der Waals surface area contributed by atoms with Crippen molar-refractivity contribution >= 4 is 0 Å². The summed E-state index contributed by atoms with van der Waals surface area (Å²) in [6, 6.07) is 9.10. The van der Waals surface area contributed by atoms with Crippen molar-refractivity contribution in [2.24, 2.45) is 0 Å². The summed E-state index contributed by atoms with van der Waals surface area (Å²) in [7, 11) is 5.88. The van der Waals surface area contributed by atoms with Gasteiger partial charge in [-0.1, -0.05) is 12.1 Å². The van der Waals surface area contributed by atoms with Gasteiger partial charge in [-0.3, -0.25) is 4.90 Å². The zero-order valence-corrected chi connectivity index (χ0v) is 12.1. The summed E-state index contributed by atoms with van der Waals surface area (Å²) < 4.78 is 10.7. The first-order valence-electron chi connectivity index (χ1n) is 6.83. The molecule has 2 unspecified atom stereocenters. The van der Waals surface area contributed by atoms with Gasteiger partial charge in [0.05, 0.1) is 13.7 Å². The number of hydrogen-bond acceptors (Lipinski definition) is 4. The molecule has 1 heterocycles. The van der Waals surface area contributed by atoms with Crippen LogP contribution < -0.4 is 10.1 Å². The molecule has 0 amide bonds. The molecule has 1 N–H and O–H groups in total. The van der Waals surface area contributed by atoms with Gasteiger partial charge in [0.1, 0.15) is 5.75 Å². The second-order valence-corrected chi connectivity index (χ2v) is 5.07. The number of ether oxygens (including phenoxy) is 2. The third kappa shape index (κ3) is 3.69. The molecule has 1 aromatic rings. The zero-order chi connectivity index (χ0) is 13.7. The summed E-state index contributed by atoms with van der Waals surface area (Å²) in [6.07, 6.45) is 1.13. The first-order chi connectivity index (χ1) is 9.24. The average Bonchev–Trinajstić information content (AvgIpc) is 2.98. The molecule has 4 nitrogen and oxygen atoms in total. The van der Waals surface area contributed by atoms with E-state index in [0.717, 1.165) is 31.9 Å². The van der Waals surface area contributed by atoms with Crippen LogP contribution in [-0.2, 0) is 4.74 Å². The van der Waals surface area contributed by atoms with Gasteiger partial charge in [-0.25, -0.2) is 0 Å². The maximum absolute atomic E-state index is 5.45. The van der Waals surface area contributed by atoms with Gasteiger partial charge in [0, 0.05) is 25.2 Å². The molecule has 0 aliphatic carbocycles. The van der Waals surface area contributed by atoms with Crippen LogP contribution in [0.25, 0.3) is 0 Å². The van der Waals surface area contributed by atoms with Crippen LogP contribution in [-0.4, -0.2) is 51.9 Å². The Morgan fingerprint density at radius 3 is 3.00 bits per heavy atom. The molecule has 1 fully saturated rings. The van der Waals surface area contributed by atoms with Gasteiger partial charge < -0.3 is 14.8 Å². The third-order valence-corrected chi connectivity index (χ3v) is 3.84. The van der Waals surface area contributed by atoms with E-state index in [9.17, 15) is 0 Å². The highest BCUT2D eigenvalue weighted by Gasteiger charge is 2.22. The SMILES string of the molecule is CNC(CN(C)C1CCOC1)c1cccc(OC)c1. The van der Waals surface area contributed by atoms with E-state index in [1.807, 2.05) is 19.2 Å². The van der Waals surface area contributed by atoms with Crippen molar-refractivity contribution in [3.05, 3.63) is 29.8 Å². The molecule has 0 aromatic heterocycles. The van der Waals surface area contributed by atoms with Crippen LogP contribution in [0.1, 0.15) is 18.0 Å². The van der Waals surface area contributed by atoms with Crippen LogP contribution in [0.15, 0.2) is 24.3 Å². The van der Waals surface area contributed by atoms with Crippen molar-refractivity contribution in [2.75, 3.05) is 41.0 Å². The first-order valence-corrected chi connectivity index (χ1v) is 6.83. The topological polar surface area (TPSA) is 33.7 Å². The highest BCUT2D eigenvalue weighted by atomic mass is 16.5.